The van der Waals surface area contributed by atoms with Crippen molar-refractivity contribution in [1.82, 2.24) is 0 Å². The molecule has 0 radical (unpaired) electrons. The van der Waals surface area contributed by atoms with E-state index in [1.165, 1.54) is 7.11 Å². The summed E-state index contributed by atoms with van der Waals surface area (Å²) in [4.78, 5) is 24.9. The van der Waals surface area contributed by atoms with Crippen LogP contribution in [0.3, 0.4) is 0 Å². The molecule has 0 aliphatic carbocycles. The van der Waals surface area contributed by atoms with Gasteiger partial charge in [-0.15, -0.1) is 0 Å². The van der Waals surface area contributed by atoms with Crippen LogP contribution in [0.5, 0.6) is 5.75 Å². The summed E-state index contributed by atoms with van der Waals surface area (Å²) in [6.07, 6.45) is -0.153. The van der Waals surface area contributed by atoms with Crippen LogP contribution < -0.4 is 10.4 Å². The van der Waals surface area contributed by atoms with Crippen molar-refractivity contribution in [3.05, 3.63) is 76.1 Å². The third-order valence-electron chi connectivity index (χ3n) is 4.61. The van der Waals surface area contributed by atoms with Gasteiger partial charge in [0.2, 0.25) is 0 Å². The van der Waals surface area contributed by atoms with Crippen molar-refractivity contribution in [2.45, 2.75) is 18.1 Å². The molecule has 1 aliphatic rings. The minimum atomic E-state index is -2.20. The molecule has 0 bridgehead atoms. The quantitative estimate of drug-likeness (QED) is 0.563. The summed E-state index contributed by atoms with van der Waals surface area (Å²) in [5.74, 6) is -3.55. The van der Waals surface area contributed by atoms with Gasteiger partial charge in [-0.25, -0.2) is 9.59 Å². The number of benzene rings is 2. The minimum absolute atomic E-state index is 0.143. The zero-order valence-electron chi connectivity index (χ0n) is 14.0. The van der Waals surface area contributed by atoms with Gasteiger partial charge in [-0.05, 0) is 17.7 Å². The Morgan fingerprint density at radius 1 is 1.15 bits per heavy atom. The first-order chi connectivity index (χ1) is 12.5. The van der Waals surface area contributed by atoms with E-state index in [0.717, 1.165) is 5.56 Å². The molecule has 4 rings (SSSR count). The molecule has 26 heavy (non-hydrogen) atoms. The molecule has 6 heteroatoms. The lowest BCUT2D eigenvalue weighted by Gasteiger charge is -2.36. The molecule has 1 aromatic heterocycles. The average Bonchev–Trinajstić information content (AvgIpc) is 2.67. The number of hydrogen-bond donors (Lipinski definition) is 1. The van der Waals surface area contributed by atoms with Gasteiger partial charge in [0.25, 0.3) is 0 Å². The molecule has 1 aliphatic heterocycles. The summed E-state index contributed by atoms with van der Waals surface area (Å²) in [5.41, 5.74) is 0.807. The van der Waals surface area contributed by atoms with Crippen molar-refractivity contribution in [2.24, 2.45) is 0 Å². The fourth-order valence-corrected chi connectivity index (χ4v) is 3.39. The monoisotopic (exact) mass is 352 g/mol. The smallest absolute Gasteiger partial charge is 0.379 e. The van der Waals surface area contributed by atoms with Crippen LogP contribution in [-0.4, -0.2) is 24.0 Å². The Hall–Kier alpha value is -3.12. The maximum atomic E-state index is 12.7. The van der Waals surface area contributed by atoms with Crippen LogP contribution in [0.25, 0.3) is 11.0 Å². The summed E-state index contributed by atoms with van der Waals surface area (Å²) in [7, 11) is 1.17. The van der Waals surface area contributed by atoms with Crippen molar-refractivity contribution >= 4 is 16.9 Å². The van der Waals surface area contributed by atoms with Crippen LogP contribution in [-0.2, 0) is 9.53 Å². The van der Waals surface area contributed by atoms with Gasteiger partial charge in [0.15, 0.2) is 0 Å². The number of para-hydroxylation sites is 1. The van der Waals surface area contributed by atoms with Crippen LogP contribution in [0.1, 0.15) is 23.5 Å². The van der Waals surface area contributed by atoms with E-state index in [9.17, 15) is 14.7 Å². The Balaban J connectivity index is 2.02. The van der Waals surface area contributed by atoms with Crippen LogP contribution in [0.15, 0.2) is 63.8 Å². The standard InChI is InChI=1S/C20H16O6/c1-24-19(22)20(23)11-14(12-7-3-2-4-8-12)16-17(26-20)13-9-5-6-10-15(13)25-18(16)21/h2-10,14,23H,11H2,1H3/t14-,20?/m1/s1. The van der Waals surface area contributed by atoms with Crippen LogP contribution >= 0.6 is 0 Å². The molecule has 1 unspecified atom stereocenters. The van der Waals surface area contributed by atoms with E-state index in [2.05, 4.69) is 0 Å². The molecule has 3 aromatic rings. The number of fused-ring (bicyclic) bond motifs is 3. The highest BCUT2D eigenvalue weighted by Gasteiger charge is 2.49. The Morgan fingerprint density at radius 3 is 2.58 bits per heavy atom. The zero-order valence-corrected chi connectivity index (χ0v) is 14.0. The lowest BCUT2D eigenvalue weighted by Crippen LogP contribution is -2.50. The van der Waals surface area contributed by atoms with Crippen LogP contribution in [0.2, 0.25) is 0 Å². The number of rotatable bonds is 2. The number of methoxy groups -OCH3 is 1. The molecule has 2 heterocycles. The first kappa shape index (κ1) is 16.4. The van der Waals surface area contributed by atoms with Gasteiger partial charge in [-0.3, -0.25) is 0 Å². The predicted octanol–water partition coefficient (Wildman–Crippen LogP) is 2.57. The third-order valence-corrected chi connectivity index (χ3v) is 4.61. The lowest BCUT2D eigenvalue weighted by atomic mass is 9.83. The molecule has 1 N–H and O–H groups in total. The Kier molecular flexibility index (Phi) is 3.77. The maximum absolute atomic E-state index is 12.7. The van der Waals surface area contributed by atoms with Crippen molar-refractivity contribution in [3.63, 3.8) is 0 Å². The van der Waals surface area contributed by atoms with E-state index in [1.807, 2.05) is 30.3 Å². The summed E-state index contributed by atoms with van der Waals surface area (Å²) >= 11 is 0. The first-order valence-electron chi connectivity index (χ1n) is 8.14. The SMILES string of the molecule is COC(=O)C1(O)C[C@H](c2ccccc2)c2c(c3ccccc3oc2=O)O1. The highest BCUT2D eigenvalue weighted by atomic mass is 16.7. The van der Waals surface area contributed by atoms with Gasteiger partial charge >= 0.3 is 17.4 Å². The highest BCUT2D eigenvalue weighted by molar-refractivity contribution is 5.87. The van der Waals surface area contributed by atoms with E-state index in [-0.39, 0.29) is 17.7 Å². The number of esters is 1. The van der Waals surface area contributed by atoms with Crippen LogP contribution in [0, 0.1) is 0 Å². The summed E-state index contributed by atoms with van der Waals surface area (Å²) in [5, 5.41) is 11.3. The van der Waals surface area contributed by atoms with E-state index in [4.69, 9.17) is 13.9 Å². The van der Waals surface area contributed by atoms with E-state index in [0.29, 0.717) is 11.0 Å². The molecule has 2 aromatic carbocycles. The fourth-order valence-electron chi connectivity index (χ4n) is 3.39. The molecule has 0 fully saturated rings. The second kappa shape index (κ2) is 6.00. The molecule has 0 spiro atoms. The predicted molar refractivity (Wildman–Crippen MR) is 93.0 cm³/mol. The van der Waals surface area contributed by atoms with Gasteiger partial charge in [0, 0.05) is 12.3 Å². The molecule has 0 saturated heterocycles. The second-order valence-corrected chi connectivity index (χ2v) is 6.17. The molecule has 132 valence electrons. The number of aliphatic hydroxyl groups is 1. The van der Waals surface area contributed by atoms with Crippen LogP contribution in [0.4, 0.5) is 0 Å². The maximum Gasteiger partial charge on any atom is 0.379 e. The number of hydrogen-bond acceptors (Lipinski definition) is 6. The van der Waals surface area contributed by atoms with Crippen molar-refractivity contribution < 1.29 is 23.8 Å². The summed E-state index contributed by atoms with van der Waals surface area (Å²) in [6, 6.07) is 16.0. The number of carbonyl (C=O) groups is 1. The van der Waals surface area contributed by atoms with Gasteiger partial charge < -0.3 is 19.0 Å². The molecular weight excluding hydrogens is 336 g/mol. The van der Waals surface area contributed by atoms with Gasteiger partial charge in [-0.1, -0.05) is 42.5 Å². The van der Waals surface area contributed by atoms with E-state index in [1.54, 1.807) is 24.3 Å². The second-order valence-electron chi connectivity index (χ2n) is 6.17. The number of carbonyl (C=O) groups excluding carboxylic acids is 1. The van der Waals surface area contributed by atoms with Gasteiger partial charge in [-0.2, -0.15) is 0 Å². The lowest BCUT2D eigenvalue weighted by molar-refractivity contribution is -0.202. The third kappa shape index (κ3) is 2.46. The Bertz CT molecular complexity index is 1040. The fraction of sp³-hybridized carbons (Fsp3) is 0.200. The highest BCUT2D eigenvalue weighted by Crippen LogP contribution is 2.45. The molecule has 2 atom stereocenters. The van der Waals surface area contributed by atoms with Gasteiger partial charge in [0.05, 0.1) is 18.1 Å². The average molecular weight is 352 g/mol. The normalized spacial score (nSPS) is 21.7. The summed E-state index contributed by atoms with van der Waals surface area (Å²) in [6.45, 7) is 0. The molecule has 0 amide bonds. The van der Waals surface area contributed by atoms with E-state index < -0.39 is 23.3 Å². The summed E-state index contributed by atoms with van der Waals surface area (Å²) < 4.78 is 15.8. The first-order valence-corrected chi connectivity index (χ1v) is 8.14. The minimum Gasteiger partial charge on any atom is -0.464 e. The van der Waals surface area contributed by atoms with E-state index >= 15 is 0 Å². The molecular formula is C20H16O6. The van der Waals surface area contributed by atoms with Crippen molar-refractivity contribution in [1.29, 1.82) is 0 Å². The Morgan fingerprint density at radius 2 is 1.85 bits per heavy atom. The van der Waals surface area contributed by atoms with Crippen molar-refractivity contribution in [2.75, 3.05) is 7.11 Å². The molecule has 6 nitrogen and oxygen atoms in total. The van der Waals surface area contributed by atoms with Crippen molar-refractivity contribution in [3.8, 4) is 5.75 Å². The largest absolute Gasteiger partial charge is 0.464 e. The Labute approximate surface area is 148 Å². The zero-order chi connectivity index (χ0) is 18.3. The number of ether oxygens (including phenoxy) is 2. The topological polar surface area (TPSA) is 86.0 Å². The van der Waals surface area contributed by atoms with Gasteiger partial charge in [0.1, 0.15) is 11.3 Å². The molecule has 0 saturated carbocycles.